The Balaban J connectivity index is 1.98. The fourth-order valence-corrected chi connectivity index (χ4v) is 3.13. The van der Waals surface area contributed by atoms with Gasteiger partial charge in [-0.15, -0.1) is 0 Å². The molecule has 1 heterocycles. The Kier molecular flexibility index (Phi) is 4.77. The van der Waals surface area contributed by atoms with Crippen molar-refractivity contribution in [2.24, 2.45) is 5.41 Å². The maximum atomic E-state index is 13.9. The lowest BCUT2D eigenvalue weighted by Crippen LogP contribution is -2.39. The lowest BCUT2D eigenvalue weighted by atomic mass is 9.74. The van der Waals surface area contributed by atoms with Crippen molar-refractivity contribution in [1.82, 2.24) is 4.90 Å². The van der Waals surface area contributed by atoms with Crippen LogP contribution in [0.3, 0.4) is 0 Å². The van der Waals surface area contributed by atoms with E-state index in [1.54, 1.807) is 12.1 Å². The summed E-state index contributed by atoms with van der Waals surface area (Å²) in [6.07, 6.45) is 4.89. The van der Waals surface area contributed by atoms with Crippen LogP contribution in [0.15, 0.2) is 18.2 Å². The maximum Gasteiger partial charge on any atom is 0.129 e. The number of hydrogen-bond acceptors (Lipinski definition) is 2. The minimum Gasteiger partial charge on any atom is -0.299 e. The number of nitrogens with zero attached hydrogens (tertiary/aromatic N) is 2. The van der Waals surface area contributed by atoms with Gasteiger partial charge in [0.15, 0.2) is 0 Å². The van der Waals surface area contributed by atoms with Crippen molar-refractivity contribution in [3.05, 3.63) is 35.1 Å². The molecule has 1 saturated heterocycles. The highest BCUT2D eigenvalue weighted by molar-refractivity contribution is 5.32. The van der Waals surface area contributed by atoms with Crippen LogP contribution in [0.1, 0.15) is 50.7 Å². The van der Waals surface area contributed by atoms with E-state index in [1.807, 2.05) is 6.07 Å². The number of likely N-dealkylation sites (tertiary alicyclic amines) is 1. The molecule has 0 aliphatic carbocycles. The topological polar surface area (TPSA) is 27.0 Å². The van der Waals surface area contributed by atoms with E-state index >= 15 is 0 Å². The van der Waals surface area contributed by atoms with Crippen LogP contribution in [0, 0.1) is 22.6 Å². The zero-order chi connectivity index (χ0) is 14.6. The summed E-state index contributed by atoms with van der Waals surface area (Å²) in [5, 5.41) is 8.76. The van der Waals surface area contributed by atoms with Gasteiger partial charge >= 0.3 is 0 Å². The first-order chi connectivity index (χ1) is 9.62. The van der Waals surface area contributed by atoms with Crippen LogP contribution < -0.4 is 0 Å². The normalized spacial score (nSPS) is 18.7. The Labute approximate surface area is 121 Å². The van der Waals surface area contributed by atoms with Crippen LogP contribution in [0.5, 0.6) is 0 Å². The second-order valence-corrected chi connectivity index (χ2v) is 5.90. The van der Waals surface area contributed by atoms with Crippen molar-refractivity contribution >= 4 is 0 Å². The van der Waals surface area contributed by atoms with Crippen molar-refractivity contribution in [2.45, 2.75) is 46.1 Å². The number of halogens is 1. The molecule has 0 unspecified atom stereocenters. The van der Waals surface area contributed by atoms with Crippen molar-refractivity contribution in [2.75, 3.05) is 13.1 Å². The molecule has 1 fully saturated rings. The second-order valence-electron chi connectivity index (χ2n) is 5.90. The standard InChI is InChI=1S/C17H23FN2/c1-3-17(4-2)7-9-20(10-8-17)13-15-6-5-14(12-19)11-16(15)18/h5-6,11H,3-4,7-10,13H2,1-2H3. The minimum absolute atomic E-state index is 0.258. The highest BCUT2D eigenvalue weighted by atomic mass is 19.1. The first-order valence-corrected chi connectivity index (χ1v) is 7.53. The molecule has 0 aromatic heterocycles. The van der Waals surface area contributed by atoms with Gasteiger partial charge in [0.2, 0.25) is 0 Å². The smallest absolute Gasteiger partial charge is 0.129 e. The molecule has 0 spiro atoms. The molecule has 0 atom stereocenters. The molecule has 0 saturated carbocycles. The van der Waals surface area contributed by atoms with Gasteiger partial charge in [-0.3, -0.25) is 4.90 Å². The van der Waals surface area contributed by atoms with E-state index in [-0.39, 0.29) is 5.82 Å². The third-order valence-electron chi connectivity index (χ3n) is 4.99. The zero-order valence-electron chi connectivity index (χ0n) is 12.5. The van der Waals surface area contributed by atoms with E-state index in [4.69, 9.17) is 5.26 Å². The van der Waals surface area contributed by atoms with E-state index in [9.17, 15) is 4.39 Å². The van der Waals surface area contributed by atoms with Crippen molar-refractivity contribution in [1.29, 1.82) is 5.26 Å². The fourth-order valence-electron chi connectivity index (χ4n) is 3.13. The van der Waals surface area contributed by atoms with Gasteiger partial charge in [0.25, 0.3) is 0 Å². The predicted octanol–water partition coefficient (Wildman–Crippen LogP) is 4.10. The van der Waals surface area contributed by atoms with E-state index in [2.05, 4.69) is 18.7 Å². The third kappa shape index (κ3) is 3.19. The Morgan fingerprint density at radius 2 is 1.90 bits per heavy atom. The average molecular weight is 274 g/mol. The Morgan fingerprint density at radius 3 is 2.40 bits per heavy atom. The third-order valence-corrected chi connectivity index (χ3v) is 4.99. The van der Waals surface area contributed by atoms with Crippen LogP contribution in [0.2, 0.25) is 0 Å². The summed E-state index contributed by atoms with van der Waals surface area (Å²) < 4.78 is 13.9. The Morgan fingerprint density at radius 1 is 1.25 bits per heavy atom. The van der Waals surface area contributed by atoms with Crippen LogP contribution in [0.4, 0.5) is 4.39 Å². The van der Waals surface area contributed by atoms with Gasteiger partial charge in [0.05, 0.1) is 11.6 Å². The first-order valence-electron chi connectivity index (χ1n) is 7.53. The molecule has 1 aromatic carbocycles. The lowest BCUT2D eigenvalue weighted by molar-refractivity contribution is 0.0902. The summed E-state index contributed by atoms with van der Waals surface area (Å²) in [7, 11) is 0. The minimum atomic E-state index is -0.258. The summed E-state index contributed by atoms with van der Waals surface area (Å²) in [5.74, 6) is -0.258. The average Bonchev–Trinajstić information content (AvgIpc) is 2.50. The summed E-state index contributed by atoms with van der Waals surface area (Å²) in [6.45, 7) is 7.29. The highest BCUT2D eigenvalue weighted by Crippen LogP contribution is 2.38. The van der Waals surface area contributed by atoms with Gasteiger partial charge in [-0.1, -0.05) is 32.8 Å². The van der Waals surface area contributed by atoms with Gasteiger partial charge in [-0.25, -0.2) is 4.39 Å². The van der Waals surface area contributed by atoms with Gasteiger partial charge in [0, 0.05) is 12.1 Å². The van der Waals surface area contributed by atoms with Crippen molar-refractivity contribution in [3.8, 4) is 6.07 Å². The molecule has 0 bridgehead atoms. The van der Waals surface area contributed by atoms with Gasteiger partial charge in [0.1, 0.15) is 5.82 Å². The molecule has 0 amide bonds. The van der Waals surface area contributed by atoms with E-state index in [0.29, 0.717) is 23.1 Å². The Hall–Kier alpha value is -1.40. The summed E-state index contributed by atoms with van der Waals surface area (Å²) in [4.78, 5) is 2.33. The van der Waals surface area contributed by atoms with Crippen molar-refractivity contribution < 1.29 is 4.39 Å². The number of piperidine rings is 1. The molecule has 2 rings (SSSR count). The largest absolute Gasteiger partial charge is 0.299 e. The number of hydrogen-bond donors (Lipinski definition) is 0. The van der Waals surface area contributed by atoms with Gasteiger partial charge < -0.3 is 0 Å². The van der Waals surface area contributed by atoms with E-state index < -0.39 is 0 Å². The van der Waals surface area contributed by atoms with Crippen LogP contribution in [0.25, 0.3) is 0 Å². The summed E-state index contributed by atoms with van der Waals surface area (Å²) >= 11 is 0. The van der Waals surface area contributed by atoms with Gasteiger partial charge in [-0.05, 0) is 43.5 Å². The quantitative estimate of drug-likeness (QED) is 0.826. The molecule has 0 radical (unpaired) electrons. The second kappa shape index (κ2) is 6.37. The number of nitriles is 1. The molecule has 2 nitrogen and oxygen atoms in total. The van der Waals surface area contributed by atoms with Crippen molar-refractivity contribution in [3.63, 3.8) is 0 Å². The van der Waals surface area contributed by atoms with Gasteiger partial charge in [-0.2, -0.15) is 5.26 Å². The molecular weight excluding hydrogens is 251 g/mol. The lowest BCUT2D eigenvalue weighted by Gasteiger charge is -2.41. The number of rotatable bonds is 4. The predicted molar refractivity (Wildman–Crippen MR) is 78.6 cm³/mol. The Bertz CT molecular complexity index is 490. The van der Waals surface area contributed by atoms with E-state index in [0.717, 1.165) is 13.1 Å². The molecular formula is C17H23FN2. The SMILES string of the molecule is CCC1(CC)CCN(Cc2ccc(C#N)cc2F)CC1. The van der Waals surface area contributed by atoms with Crippen LogP contribution in [-0.4, -0.2) is 18.0 Å². The molecule has 3 heteroatoms. The monoisotopic (exact) mass is 274 g/mol. The summed E-state index contributed by atoms with van der Waals surface area (Å²) in [5.41, 5.74) is 1.59. The number of benzene rings is 1. The zero-order valence-corrected chi connectivity index (χ0v) is 12.5. The fraction of sp³-hybridized carbons (Fsp3) is 0.588. The first kappa shape index (κ1) is 15.0. The molecule has 1 aliphatic heterocycles. The summed E-state index contributed by atoms with van der Waals surface area (Å²) in [6, 6.07) is 6.75. The molecule has 1 aromatic rings. The highest BCUT2D eigenvalue weighted by Gasteiger charge is 2.31. The maximum absolute atomic E-state index is 13.9. The van der Waals surface area contributed by atoms with Crippen LogP contribution in [-0.2, 0) is 6.54 Å². The molecule has 20 heavy (non-hydrogen) atoms. The molecule has 1 aliphatic rings. The van der Waals surface area contributed by atoms with E-state index in [1.165, 1.54) is 31.7 Å². The molecule has 0 N–H and O–H groups in total. The van der Waals surface area contributed by atoms with Crippen LogP contribution >= 0.6 is 0 Å². The molecule has 108 valence electrons.